The molecule has 200 valence electrons. The van der Waals surface area contributed by atoms with Crippen molar-refractivity contribution >= 4 is 35.2 Å². The molecule has 37 heavy (non-hydrogen) atoms. The van der Waals surface area contributed by atoms with Gasteiger partial charge < -0.3 is 31.5 Å². The van der Waals surface area contributed by atoms with Crippen LogP contribution in [0.1, 0.15) is 57.4 Å². The second-order valence-corrected chi connectivity index (χ2v) is 10.1. The van der Waals surface area contributed by atoms with Crippen molar-refractivity contribution in [1.29, 1.82) is 0 Å². The van der Waals surface area contributed by atoms with Crippen LogP contribution in [-0.2, 0) is 30.5 Å². The Morgan fingerprint density at radius 1 is 1.08 bits per heavy atom. The Kier molecular flexibility index (Phi) is 8.42. The maximum absolute atomic E-state index is 13.5. The van der Waals surface area contributed by atoms with E-state index in [0.717, 1.165) is 31.2 Å². The summed E-state index contributed by atoms with van der Waals surface area (Å²) >= 11 is 0. The number of rotatable bonds is 8. The first-order valence-corrected chi connectivity index (χ1v) is 13.0. The van der Waals surface area contributed by atoms with Crippen molar-refractivity contribution in [3.8, 4) is 0 Å². The smallest absolute Gasteiger partial charge is 0.247 e. The highest BCUT2D eigenvalue weighted by atomic mass is 16.2. The summed E-state index contributed by atoms with van der Waals surface area (Å²) in [6, 6.07) is 4.98. The molecular weight excluding hydrogens is 476 g/mol. The average molecular weight is 513 g/mol. The molecule has 3 heterocycles. The van der Waals surface area contributed by atoms with Crippen LogP contribution in [0.5, 0.6) is 0 Å². The Balaban J connectivity index is 1.37. The number of amides is 5. The minimum absolute atomic E-state index is 0.00443. The maximum atomic E-state index is 13.5. The van der Waals surface area contributed by atoms with Gasteiger partial charge in [-0.3, -0.25) is 24.0 Å². The van der Waals surface area contributed by atoms with Crippen LogP contribution in [-0.4, -0.2) is 71.7 Å². The number of carbonyl (C=O) groups is 5. The van der Waals surface area contributed by atoms with Gasteiger partial charge in [-0.15, -0.1) is 0 Å². The number of benzene rings is 1. The van der Waals surface area contributed by atoms with Crippen LogP contribution >= 0.6 is 0 Å². The Labute approximate surface area is 216 Å². The van der Waals surface area contributed by atoms with Crippen LogP contribution in [0.15, 0.2) is 24.3 Å². The fourth-order valence-corrected chi connectivity index (χ4v) is 5.16. The van der Waals surface area contributed by atoms with Gasteiger partial charge in [0.2, 0.25) is 29.5 Å². The van der Waals surface area contributed by atoms with Crippen molar-refractivity contribution in [2.24, 2.45) is 0 Å². The summed E-state index contributed by atoms with van der Waals surface area (Å²) < 4.78 is 0. The summed E-state index contributed by atoms with van der Waals surface area (Å²) in [6.07, 6.45) is 4.73. The van der Waals surface area contributed by atoms with Gasteiger partial charge in [0.1, 0.15) is 18.1 Å². The molecule has 5 amide bonds. The molecule has 11 heteroatoms. The standard InChI is InChI=1S/C26H36N6O5/c1-15(27-2)23(34)31-19-9-4-3-8-18-10-11-21(32(18)26(19)37)25(36)28-14-16-6-5-7-17(12-16)29-24(35)20-13-22(33)30-20/h5-7,12,15,18-21,27H,3-4,8-11,13-14H2,1-2H3,(H,28,36)(H,29,35)(H,30,33)(H,31,34)/t15-,18?,19-,20+,21-/m0/s1. The van der Waals surface area contributed by atoms with Gasteiger partial charge in [0, 0.05) is 18.3 Å². The van der Waals surface area contributed by atoms with Crippen LogP contribution < -0.4 is 26.6 Å². The van der Waals surface area contributed by atoms with Gasteiger partial charge in [-0.1, -0.05) is 25.0 Å². The SMILES string of the molecule is CN[C@@H](C)C(=O)N[C@H]1CCCCC2CC[C@@H](C(=O)NCc3cccc(NC(=O)[C@H]4CC(=O)N4)c3)N2C1=O. The molecule has 5 N–H and O–H groups in total. The zero-order valence-electron chi connectivity index (χ0n) is 21.3. The van der Waals surface area contributed by atoms with Crippen LogP contribution in [0.2, 0.25) is 0 Å². The van der Waals surface area contributed by atoms with E-state index in [-0.39, 0.29) is 48.5 Å². The minimum Gasteiger partial charge on any atom is -0.350 e. The first kappa shape index (κ1) is 26.6. The number of hydrogen-bond donors (Lipinski definition) is 5. The third-order valence-electron chi connectivity index (χ3n) is 7.48. The third kappa shape index (κ3) is 6.27. The highest BCUT2D eigenvalue weighted by Gasteiger charge is 2.44. The van der Waals surface area contributed by atoms with Gasteiger partial charge >= 0.3 is 0 Å². The molecule has 5 atom stereocenters. The molecule has 3 aliphatic heterocycles. The number of nitrogens with zero attached hydrogens (tertiary/aromatic N) is 1. The van der Waals surface area contributed by atoms with E-state index in [4.69, 9.17) is 0 Å². The number of anilines is 1. The lowest BCUT2D eigenvalue weighted by Gasteiger charge is -2.35. The van der Waals surface area contributed by atoms with Gasteiger partial charge in [-0.25, -0.2) is 0 Å². The summed E-state index contributed by atoms with van der Waals surface area (Å²) in [6.45, 7) is 1.98. The number of carbonyl (C=O) groups excluding carboxylic acids is 5. The number of β-lactam (4-membered cyclic amide) rings is 1. The number of hydrogen-bond acceptors (Lipinski definition) is 6. The number of nitrogens with one attached hydrogen (secondary N) is 5. The van der Waals surface area contributed by atoms with Crippen molar-refractivity contribution in [3.05, 3.63) is 29.8 Å². The lowest BCUT2D eigenvalue weighted by molar-refractivity contribution is -0.144. The summed E-state index contributed by atoms with van der Waals surface area (Å²) in [5.41, 5.74) is 1.37. The molecular formula is C26H36N6O5. The van der Waals surface area contributed by atoms with Crippen molar-refractivity contribution < 1.29 is 24.0 Å². The topological polar surface area (TPSA) is 149 Å². The fraction of sp³-hybridized carbons (Fsp3) is 0.577. The predicted octanol–water partition coefficient (Wildman–Crippen LogP) is 0.156. The van der Waals surface area contributed by atoms with E-state index in [0.29, 0.717) is 18.5 Å². The van der Waals surface area contributed by atoms with E-state index in [1.165, 1.54) is 0 Å². The zero-order chi connectivity index (χ0) is 26.5. The molecule has 0 aliphatic carbocycles. The summed E-state index contributed by atoms with van der Waals surface area (Å²) in [5.74, 6) is -1.07. The van der Waals surface area contributed by atoms with Crippen LogP contribution in [0.4, 0.5) is 5.69 Å². The van der Waals surface area contributed by atoms with Crippen LogP contribution in [0, 0.1) is 0 Å². The van der Waals surface area contributed by atoms with Gasteiger partial charge in [0.05, 0.1) is 12.5 Å². The first-order valence-electron chi connectivity index (χ1n) is 13.0. The molecule has 3 saturated heterocycles. The monoisotopic (exact) mass is 512 g/mol. The van der Waals surface area contributed by atoms with Crippen molar-refractivity contribution in [1.82, 2.24) is 26.2 Å². The fourth-order valence-electron chi connectivity index (χ4n) is 5.16. The molecule has 3 aliphatic rings. The van der Waals surface area contributed by atoms with E-state index >= 15 is 0 Å². The Morgan fingerprint density at radius 3 is 2.57 bits per heavy atom. The summed E-state index contributed by atoms with van der Waals surface area (Å²) in [7, 11) is 1.69. The molecule has 0 aromatic heterocycles. The normalized spacial score (nSPS) is 26.1. The molecule has 4 rings (SSSR count). The quantitative estimate of drug-likeness (QED) is 0.313. The Morgan fingerprint density at radius 2 is 1.84 bits per heavy atom. The van der Waals surface area contributed by atoms with Crippen molar-refractivity contribution in [3.63, 3.8) is 0 Å². The Hall–Kier alpha value is -3.47. The van der Waals surface area contributed by atoms with Gasteiger partial charge in [0.15, 0.2) is 0 Å². The largest absolute Gasteiger partial charge is 0.350 e. The third-order valence-corrected chi connectivity index (χ3v) is 7.48. The van der Waals surface area contributed by atoms with Crippen LogP contribution in [0.25, 0.3) is 0 Å². The molecule has 0 spiro atoms. The van der Waals surface area contributed by atoms with Crippen molar-refractivity contribution in [2.75, 3.05) is 12.4 Å². The molecule has 3 fully saturated rings. The van der Waals surface area contributed by atoms with Crippen molar-refractivity contribution in [2.45, 2.75) is 88.6 Å². The van der Waals surface area contributed by atoms with E-state index in [1.54, 1.807) is 37.1 Å². The van der Waals surface area contributed by atoms with Gasteiger partial charge in [0.25, 0.3) is 0 Å². The van der Waals surface area contributed by atoms with E-state index in [2.05, 4.69) is 26.6 Å². The Bertz CT molecular complexity index is 1050. The molecule has 11 nitrogen and oxygen atoms in total. The molecule has 1 unspecified atom stereocenters. The van der Waals surface area contributed by atoms with Gasteiger partial charge in [-0.2, -0.15) is 0 Å². The molecule has 0 bridgehead atoms. The van der Waals surface area contributed by atoms with Crippen LogP contribution in [0.3, 0.4) is 0 Å². The zero-order valence-corrected chi connectivity index (χ0v) is 21.3. The van der Waals surface area contributed by atoms with Gasteiger partial charge in [-0.05, 0) is 57.4 Å². The average Bonchev–Trinajstić information content (AvgIpc) is 3.28. The van der Waals surface area contributed by atoms with E-state index < -0.39 is 24.2 Å². The molecule has 0 saturated carbocycles. The molecule has 0 radical (unpaired) electrons. The van der Waals surface area contributed by atoms with E-state index in [9.17, 15) is 24.0 Å². The lowest BCUT2D eigenvalue weighted by Crippen LogP contribution is -2.57. The number of likely N-dealkylation sites (N-methyl/N-ethyl adjacent to an activating group) is 1. The first-order chi connectivity index (χ1) is 17.8. The second kappa shape index (κ2) is 11.7. The predicted molar refractivity (Wildman–Crippen MR) is 136 cm³/mol. The lowest BCUT2D eigenvalue weighted by atomic mass is 9.98. The molecule has 1 aromatic rings. The number of fused-ring (bicyclic) bond motifs is 1. The van der Waals surface area contributed by atoms with E-state index in [1.807, 2.05) is 6.07 Å². The highest BCUT2D eigenvalue weighted by Crippen LogP contribution is 2.31. The highest BCUT2D eigenvalue weighted by molar-refractivity contribution is 6.03. The second-order valence-electron chi connectivity index (χ2n) is 10.1. The minimum atomic E-state index is -0.639. The summed E-state index contributed by atoms with van der Waals surface area (Å²) in [5, 5.41) is 14.0. The molecule has 1 aromatic carbocycles. The summed E-state index contributed by atoms with van der Waals surface area (Å²) in [4.78, 5) is 64.1. The maximum Gasteiger partial charge on any atom is 0.247 e.